The van der Waals surface area contributed by atoms with Crippen molar-refractivity contribution in [2.45, 2.75) is 19.2 Å². The molecule has 152 valence electrons. The number of aliphatic imine (C=N–C) groups is 1. The van der Waals surface area contributed by atoms with Gasteiger partial charge in [0, 0.05) is 36.3 Å². The van der Waals surface area contributed by atoms with Crippen molar-refractivity contribution < 1.29 is 9.13 Å². The Hall–Kier alpha value is -3.26. The average molecular weight is 396 g/mol. The first-order valence-corrected chi connectivity index (χ1v) is 9.35. The Morgan fingerprint density at radius 2 is 2.17 bits per heavy atom. The maximum atomic E-state index is 13.5. The van der Waals surface area contributed by atoms with Gasteiger partial charge in [-0.1, -0.05) is 30.3 Å². The highest BCUT2D eigenvalue weighted by Gasteiger charge is 2.25. The fraction of sp³-hybridized carbons (Fsp3) is 0.286. The Morgan fingerprint density at radius 1 is 1.38 bits per heavy atom. The Labute approximate surface area is 169 Å². The second-order valence-electron chi connectivity index (χ2n) is 6.73. The lowest BCUT2D eigenvalue weighted by molar-refractivity contribution is 0.129. The van der Waals surface area contributed by atoms with Gasteiger partial charge >= 0.3 is 0 Å². The zero-order valence-electron chi connectivity index (χ0n) is 16.1. The van der Waals surface area contributed by atoms with Crippen molar-refractivity contribution in [2.75, 3.05) is 25.6 Å². The molecule has 0 radical (unpaired) electrons. The molecular formula is C21H25FN6O. The topological polar surface area (TPSA) is 114 Å². The van der Waals surface area contributed by atoms with E-state index in [9.17, 15) is 4.39 Å². The summed E-state index contributed by atoms with van der Waals surface area (Å²) in [5.41, 5.74) is 14.5. The Kier molecular flexibility index (Phi) is 6.91. The fourth-order valence-electron chi connectivity index (χ4n) is 3.05. The van der Waals surface area contributed by atoms with Gasteiger partial charge in [0.25, 0.3) is 0 Å². The molecule has 1 aromatic carbocycles. The third-order valence-corrected chi connectivity index (χ3v) is 4.64. The van der Waals surface area contributed by atoms with E-state index < -0.39 is 6.17 Å². The van der Waals surface area contributed by atoms with E-state index in [1.807, 2.05) is 30.3 Å². The number of pyridine rings is 1. The number of likely N-dealkylation sites (tertiary alicyclic amines) is 1. The molecule has 1 aliphatic rings. The van der Waals surface area contributed by atoms with Crippen LogP contribution in [0, 0.1) is 5.41 Å². The van der Waals surface area contributed by atoms with Crippen LogP contribution in [0.1, 0.15) is 23.1 Å². The van der Waals surface area contributed by atoms with Crippen LogP contribution >= 0.6 is 0 Å². The summed E-state index contributed by atoms with van der Waals surface area (Å²) in [5, 5.41) is 8.36. The summed E-state index contributed by atoms with van der Waals surface area (Å²) in [7, 11) is 0. The van der Waals surface area contributed by atoms with Crippen molar-refractivity contribution in [3.05, 3.63) is 65.5 Å². The highest BCUT2D eigenvalue weighted by Crippen LogP contribution is 2.21. The number of anilines is 1. The van der Waals surface area contributed by atoms with Gasteiger partial charge in [0.2, 0.25) is 0 Å². The minimum Gasteiger partial charge on any atom is -0.404 e. The molecule has 0 amide bonds. The number of nitrogen functional groups attached to an aromatic ring is 1. The highest BCUT2D eigenvalue weighted by atomic mass is 19.1. The molecule has 3 rings (SSSR count). The van der Waals surface area contributed by atoms with E-state index >= 15 is 0 Å². The van der Waals surface area contributed by atoms with Crippen LogP contribution in [0.2, 0.25) is 0 Å². The third kappa shape index (κ3) is 5.39. The molecule has 8 heteroatoms. The van der Waals surface area contributed by atoms with Crippen LogP contribution < -0.4 is 11.5 Å². The standard InChI is InChI=1S/C21H25FN6O/c22-18-6-7-28(12-18)21(25)19-8-16(11-27-20(19)24)17(9-23)10-26-14-29-13-15-4-2-1-3-5-15/h1-5,8-11,18,25H,6-7,12-14,23H2,(H2,24,27). The summed E-state index contributed by atoms with van der Waals surface area (Å²) in [5.74, 6) is 0.386. The molecule has 0 spiro atoms. The van der Waals surface area contributed by atoms with E-state index in [0.717, 1.165) is 5.56 Å². The number of benzene rings is 1. The number of ether oxygens (including phenoxy) is 1. The summed E-state index contributed by atoms with van der Waals surface area (Å²) in [6.45, 7) is 1.34. The number of alkyl halides is 1. The van der Waals surface area contributed by atoms with Crippen molar-refractivity contribution in [1.82, 2.24) is 9.88 Å². The average Bonchev–Trinajstić information content (AvgIpc) is 3.18. The number of halogens is 1. The van der Waals surface area contributed by atoms with Crippen LogP contribution in [0.25, 0.3) is 5.57 Å². The number of rotatable bonds is 7. The van der Waals surface area contributed by atoms with Crippen LogP contribution in [-0.4, -0.2) is 47.9 Å². The van der Waals surface area contributed by atoms with Gasteiger partial charge in [0.05, 0.1) is 18.7 Å². The first-order chi connectivity index (χ1) is 14.1. The zero-order chi connectivity index (χ0) is 20.6. The van der Waals surface area contributed by atoms with Gasteiger partial charge in [-0.2, -0.15) is 0 Å². The van der Waals surface area contributed by atoms with Gasteiger partial charge in [-0.3, -0.25) is 10.4 Å². The molecule has 5 N–H and O–H groups in total. The number of hydrogen-bond acceptors (Lipinski definition) is 6. The van der Waals surface area contributed by atoms with E-state index in [4.69, 9.17) is 21.6 Å². The largest absolute Gasteiger partial charge is 0.404 e. The minimum atomic E-state index is -0.921. The van der Waals surface area contributed by atoms with Crippen LogP contribution in [0.4, 0.5) is 10.2 Å². The van der Waals surface area contributed by atoms with Crippen molar-refractivity contribution in [2.24, 2.45) is 10.7 Å². The summed E-state index contributed by atoms with van der Waals surface area (Å²) in [6.07, 6.45) is 4.08. The quantitative estimate of drug-likeness (QED) is 0.378. The molecule has 1 aromatic heterocycles. The maximum absolute atomic E-state index is 13.5. The lowest BCUT2D eigenvalue weighted by atomic mass is 10.1. The van der Waals surface area contributed by atoms with Crippen molar-refractivity contribution in [3.8, 4) is 0 Å². The van der Waals surface area contributed by atoms with Gasteiger partial charge in [-0.25, -0.2) is 9.37 Å². The molecule has 1 unspecified atom stereocenters. The van der Waals surface area contributed by atoms with E-state index in [1.54, 1.807) is 23.4 Å². The van der Waals surface area contributed by atoms with Crippen molar-refractivity contribution >= 4 is 23.4 Å². The van der Waals surface area contributed by atoms with E-state index in [2.05, 4.69) is 9.98 Å². The predicted octanol–water partition coefficient (Wildman–Crippen LogP) is 2.58. The normalized spacial score (nSPS) is 17.2. The monoisotopic (exact) mass is 396 g/mol. The number of nitrogens with one attached hydrogen (secondary N) is 1. The Morgan fingerprint density at radius 3 is 2.86 bits per heavy atom. The molecule has 29 heavy (non-hydrogen) atoms. The second-order valence-corrected chi connectivity index (χ2v) is 6.73. The first-order valence-electron chi connectivity index (χ1n) is 9.35. The zero-order valence-corrected chi connectivity index (χ0v) is 16.1. The van der Waals surface area contributed by atoms with Gasteiger partial charge < -0.3 is 21.1 Å². The Bertz CT molecular complexity index is 899. The smallest absolute Gasteiger partial charge is 0.137 e. The summed E-state index contributed by atoms with van der Waals surface area (Å²) < 4.78 is 19.0. The SMILES string of the molecule is N=C(c1cc(C(C=NCOCc2ccccc2)=CN)cnc1N)N1CCC(F)C1. The first kappa shape index (κ1) is 20.5. The van der Waals surface area contributed by atoms with Gasteiger partial charge in [-0.05, 0) is 18.1 Å². The van der Waals surface area contributed by atoms with Crippen LogP contribution in [0.5, 0.6) is 0 Å². The molecule has 1 aliphatic heterocycles. The molecule has 1 fully saturated rings. The van der Waals surface area contributed by atoms with Crippen LogP contribution in [0.15, 0.2) is 53.8 Å². The summed E-state index contributed by atoms with van der Waals surface area (Å²) in [4.78, 5) is 10.1. The van der Waals surface area contributed by atoms with E-state index in [1.165, 1.54) is 6.20 Å². The Balaban J connectivity index is 1.64. The number of nitrogens with zero attached hydrogens (tertiary/aromatic N) is 3. The van der Waals surface area contributed by atoms with E-state index in [-0.39, 0.29) is 24.9 Å². The molecule has 0 saturated carbocycles. The third-order valence-electron chi connectivity index (χ3n) is 4.64. The lowest BCUT2D eigenvalue weighted by Crippen LogP contribution is -2.30. The second kappa shape index (κ2) is 9.79. The molecule has 1 atom stereocenters. The molecule has 0 aliphatic carbocycles. The number of hydrogen-bond donors (Lipinski definition) is 3. The van der Waals surface area contributed by atoms with Crippen LogP contribution in [0.3, 0.4) is 0 Å². The number of allylic oxidation sites excluding steroid dienone is 1. The molecule has 0 bridgehead atoms. The van der Waals surface area contributed by atoms with Gasteiger partial charge in [0.15, 0.2) is 0 Å². The molecule has 7 nitrogen and oxygen atoms in total. The maximum Gasteiger partial charge on any atom is 0.137 e. The minimum absolute atomic E-state index is 0.163. The molecular weight excluding hydrogens is 371 g/mol. The van der Waals surface area contributed by atoms with Gasteiger partial charge in [-0.15, -0.1) is 0 Å². The molecule has 1 saturated heterocycles. The number of nitrogens with two attached hydrogens (primary N) is 2. The van der Waals surface area contributed by atoms with Gasteiger partial charge in [0.1, 0.15) is 24.6 Å². The molecule has 2 aromatic rings. The number of amidine groups is 1. The number of aromatic nitrogens is 1. The predicted molar refractivity (Wildman–Crippen MR) is 113 cm³/mol. The van der Waals surface area contributed by atoms with Crippen molar-refractivity contribution in [1.29, 1.82) is 5.41 Å². The molecule has 2 heterocycles. The summed E-state index contributed by atoms with van der Waals surface area (Å²) >= 11 is 0. The lowest BCUT2D eigenvalue weighted by Gasteiger charge is -2.19. The van der Waals surface area contributed by atoms with E-state index in [0.29, 0.717) is 36.3 Å². The van der Waals surface area contributed by atoms with Crippen LogP contribution in [-0.2, 0) is 11.3 Å². The van der Waals surface area contributed by atoms with Crippen molar-refractivity contribution in [3.63, 3.8) is 0 Å². The summed E-state index contributed by atoms with van der Waals surface area (Å²) in [6, 6.07) is 11.6. The fourth-order valence-corrected chi connectivity index (χ4v) is 3.05. The highest BCUT2D eigenvalue weighted by molar-refractivity contribution is 6.10.